The minimum Gasteiger partial charge on any atom is -0.493 e. The van der Waals surface area contributed by atoms with E-state index in [1.807, 2.05) is 12.1 Å². The van der Waals surface area contributed by atoms with E-state index >= 15 is 0 Å². The van der Waals surface area contributed by atoms with Crippen LogP contribution in [-0.2, 0) is 9.53 Å². The van der Waals surface area contributed by atoms with Gasteiger partial charge in [-0.2, -0.15) is 0 Å². The van der Waals surface area contributed by atoms with Gasteiger partial charge in [0.25, 0.3) is 0 Å². The van der Waals surface area contributed by atoms with Crippen LogP contribution >= 0.6 is 0 Å². The molecule has 0 aliphatic carbocycles. The predicted molar refractivity (Wildman–Crippen MR) is 67.9 cm³/mol. The fraction of sp³-hybridized carbons (Fsp3) is 0.357. The minimum absolute atomic E-state index is 0.0164. The quantitative estimate of drug-likeness (QED) is 0.591. The summed E-state index contributed by atoms with van der Waals surface area (Å²) in [6.45, 7) is 2.29. The highest BCUT2D eigenvalue weighted by Gasteiger charge is 2.45. The van der Waals surface area contributed by atoms with Crippen LogP contribution in [0.25, 0.3) is 6.08 Å². The zero-order valence-electron chi connectivity index (χ0n) is 10.7. The topological polar surface area (TPSA) is 48.1 Å². The summed E-state index contributed by atoms with van der Waals surface area (Å²) in [5.41, 5.74) is 0.276. The Labute approximate surface area is 106 Å². The molecule has 1 heterocycles. The van der Waals surface area contributed by atoms with Crippen LogP contribution in [0.15, 0.2) is 24.3 Å². The Hall–Kier alpha value is -1.81. The van der Waals surface area contributed by atoms with Gasteiger partial charge in [-0.05, 0) is 30.7 Å². The van der Waals surface area contributed by atoms with Gasteiger partial charge in [0.15, 0.2) is 22.9 Å². The van der Waals surface area contributed by atoms with Gasteiger partial charge >= 0.3 is 0 Å². The fourth-order valence-electron chi connectivity index (χ4n) is 1.56. The van der Waals surface area contributed by atoms with E-state index in [0.717, 1.165) is 5.56 Å². The van der Waals surface area contributed by atoms with Crippen molar-refractivity contribution < 1.29 is 19.0 Å². The molecule has 4 nitrogen and oxygen atoms in total. The molecule has 0 unspecified atom stereocenters. The third-order valence-corrected chi connectivity index (χ3v) is 2.93. The summed E-state index contributed by atoms with van der Waals surface area (Å²) in [5.74, 6) is 1.29. The van der Waals surface area contributed by atoms with E-state index in [1.165, 1.54) is 6.08 Å². The normalized spacial score (nSPS) is 21.9. The summed E-state index contributed by atoms with van der Waals surface area (Å²) < 4.78 is 15.4. The first kappa shape index (κ1) is 12.6. The fourth-order valence-corrected chi connectivity index (χ4v) is 1.56. The van der Waals surface area contributed by atoms with Gasteiger partial charge in [0.05, 0.1) is 20.8 Å². The van der Waals surface area contributed by atoms with Gasteiger partial charge in [0, 0.05) is 0 Å². The summed E-state index contributed by atoms with van der Waals surface area (Å²) in [7, 11) is 3.16. The molecule has 1 aliphatic rings. The largest absolute Gasteiger partial charge is 0.493 e. The lowest BCUT2D eigenvalue weighted by molar-refractivity contribution is -0.118. The standard InChI is InChI=1S/C14H16O4/c1-14(9-18-14)13(15)7-5-10-4-6-11(16-2)12(8-10)17-3/h4-8H,9H2,1-3H3/t14-/m0/s1. The molecule has 0 N–H and O–H groups in total. The van der Waals surface area contributed by atoms with Gasteiger partial charge < -0.3 is 14.2 Å². The Bertz CT molecular complexity index is 487. The molecule has 1 saturated heterocycles. The van der Waals surface area contributed by atoms with Crippen molar-refractivity contribution in [3.05, 3.63) is 29.8 Å². The molecule has 0 bridgehead atoms. The lowest BCUT2D eigenvalue weighted by Crippen LogP contribution is -2.17. The van der Waals surface area contributed by atoms with Crippen LogP contribution in [0, 0.1) is 0 Å². The summed E-state index contributed by atoms with van der Waals surface area (Å²) in [6.07, 6.45) is 3.28. The Morgan fingerprint density at radius 3 is 2.56 bits per heavy atom. The van der Waals surface area contributed by atoms with E-state index < -0.39 is 5.60 Å². The second-order valence-electron chi connectivity index (χ2n) is 4.33. The average molecular weight is 248 g/mol. The van der Waals surface area contributed by atoms with Gasteiger partial charge in [-0.15, -0.1) is 0 Å². The first-order valence-corrected chi connectivity index (χ1v) is 5.67. The van der Waals surface area contributed by atoms with Crippen LogP contribution in [0.2, 0.25) is 0 Å². The van der Waals surface area contributed by atoms with Gasteiger partial charge in [0.2, 0.25) is 0 Å². The number of benzene rings is 1. The maximum Gasteiger partial charge on any atom is 0.189 e. The third kappa shape index (κ3) is 2.54. The van der Waals surface area contributed by atoms with Crippen molar-refractivity contribution in [2.24, 2.45) is 0 Å². The highest BCUT2D eigenvalue weighted by atomic mass is 16.6. The lowest BCUT2D eigenvalue weighted by Gasteiger charge is -2.07. The van der Waals surface area contributed by atoms with Gasteiger partial charge in [-0.1, -0.05) is 12.1 Å². The van der Waals surface area contributed by atoms with Crippen LogP contribution in [0.4, 0.5) is 0 Å². The van der Waals surface area contributed by atoms with Crippen molar-refractivity contribution in [1.29, 1.82) is 0 Å². The van der Waals surface area contributed by atoms with Crippen LogP contribution in [0.1, 0.15) is 12.5 Å². The van der Waals surface area contributed by atoms with E-state index in [9.17, 15) is 4.79 Å². The molecule has 0 amide bonds. The van der Waals surface area contributed by atoms with Crippen LogP contribution in [0.3, 0.4) is 0 Å². The number of carbonyl (C=O) groups excluding carboxylic acids is 1. The first-order chi connectivity index (χ1) is 8.59. The molecule has 0 saturated carbocycles. The molecule has 2 rings (SSSR count). The van der Waals surface area contributed by atoms with Crippen molar-refractivity contribution in [2.45, 2.75) is 12.5 Å². The monoisotopic (exact) mass is 248 g/mol. The van der Waals surface area contributed by atoms with E-state index in [4.69, 9.17) is 14.2 Å². The third-order valence-electron chi connectivity index (χ3n) is 2.93. The predicted octanol–water partition coefficient (Wildman–Crippen LogP) is 2.08. The smallest absolute Gasteiger partial charge is 0.189 e. The number of hydrogen-bond acceptors (Lipinski definition) is 4. The summed E-state index contributed by atoms with van der Waals surface area (Å²) in [5, 5.41) is 0. The van der Waals surface area contributed by atoms with Crippen LogP contribution in [0.5, 0.6) is 11.5 Å². The molecule has 1 fully saturated rings. The van der Waals surface area contributed by atoms with Crippen molar-refractivity contribution in [3.63, 3.8) is 0 Å². The van der Waals surface area contributed by atoms with E-state index in [-0.39, 0.29) is 5.78 Å². The number of ether oxygens (including phenoxy) is 3. The van der Waals surface area contributed by atoms with Crippen molar-refractivity contribution in [3.8, 4) is 11.5 Å². The number of ketones is 1. The number of epoxide rings is 1. The van der Waals surface area contributed by atoms with Gasteiger partial charge in [-0.25, -0.2) is 0 Å². The molecule has 18 heavy (non-hydrogen) atoms. The molecular weight excluding hydrogens is 232 g/mol. The zero-order valence-corrected chi connectivity index (χ0v) is 10.7. The van der Waals surface area contributed by atoms with Crippen LogP contribution < -0.4 is 9.47 Å². The molecule has 1 aromatic carbocycles. The Morgan fingerprint density at radius 1 is 1.33 bits per heavy atom. The Kier molecular flexibility index (Phi) is 3.39. The Morgan fingerprint density at radius 2 is 2.00 bits per heavy atom. The summed E-state index contributed by atoms with van der Waals surface area (Å²) in [6, 6.07) is 5.48. The second kappa shape index (κ2) is 4.82. The summed E-state index contributed by atoms with van der Waals surface area (Å²) in [4.78, 5) is 11.7. The molecule has 96 valence electrons. The van der Waals surface area contributed by atoms with E-state index in [1.54, 1.807) is 33.3 Å². The maximum absolute atomic E-state index is 11.7. The molecule has 4 heteroatoms. The van der Waals surface area contributed by atoms with Gasteiger partial charge in [0.1, 0.15) is 0 Å². The molecule has 0 aromatic heterocycles. The van der Waals surface area contributed by atoms with Crippen molar-refractivity contribution in [2.75, 3.05) is 20.8 Å². The van der Waals surface area contributed by atoms with Crippen LogP contribution in [-0.4, -0.2) is 32.2 Å². The lowest BCUT2D eigenvalue weighted by atomic mass is 10.1. The Balaban J connectivity index is 2.14. The van der Waals surface area contributed by atoms with Gasteiger partial charge in [-0.3, -0.25) is 4.79 Å². The number of carbonyl (C=O) groups is 1. The van der Waals surface area contributed by atoms with E-state index in [2.05, 4.69) is 0 Å². The number of hydrogen-bond donors (Lipinski definition) is 0. The molecular formula is C14H16O4. The van der Waals surface area contributed by atoms with Crippen molar-refractivity contribution >= 4 is 11.9 Å². The number of methoxy groups -OCH3 is 2. The molecule has 0 spiro atoms. The van der Waals surface area contributed by atoms with Crippen molar-refractivity contribution in [1.82, 2.24) is 0 Å². The summed E-state index contributed by atoms with van der Waals surface area (Å²) >= 11 is 0. The number of rotatable bonds is 5. The molecule has 0 radical (unpaired) electrons. The highest BCUT2D eigenvalue weighted by molar-refractivity contribution is 6.01. The minimum atomic E-state index is -0.604. The molecule has 1 atom stereocenters. The molecule has 1 aromatic rings. The second-order valence-corrected chi connectivity index (χ2v) is 4.33. The first-order valence-electron chi connectivity index (χ1n) is 5.67. The maximum atomic E-state index is 11.7. The highest BCUT2D eigenvalue weighted by Crippen LogP contribution is 2.29. The average Bonchev–Trinajstić information content (AvgIpc) is 3.14. The SMILES string of the molecule is COc1ccc(C=CC(=O)[C@]2(C)CO2)cc1OC. The molecule has 1 aliphatic heterocycles. The zero-order chi connectivity index (χ0) is 13.2. The van der Waals surface area contributed by atoms with E-state index in [0.29, 0.717) is 18.1 Å².